The number of aromatic amines is 1. The molecule has 4 aromatic heterocycles. The number of hydrogen-bond donors (Lipinski definition) is 2. The lowest BCUT2D eigenvalue weighted by atomic mass is 9.96. The van der Waals surface area contributed by atoms with E-state index in [1.807, 2.05) is 30.3 Å². The summed E-state index contributed by atoms with van der Waals surface area (Å²) in [7, 11) is 0. The number of benzene rings is 1. The van der Waals surface area contributed by atoms with Crippen molar-refractivity contribution < 1.29 is 9.32 Å². The van der Waals surface area contributed by atoms with Crippen LogP contribution in [0.2, 0.25) is 0 Å². The number of aryl methyl sites for hydroxylation is 3. The maximum atomic E-state index is 13.0. The van der Waals surface area contributed by atoms with E-state index in [4.69, 9.17) is 14.5 Å². The highest BCUT2D eigenvalue weighted by Gasteiger charge is 2.29. The van der Waals surface area contributed by atoms with Gasteiger partial charge >= 0.3 is 6.03 Å². The average molecular weight is 512 g/mol. The molecule has 6 rings (SSSR count). The summed E-state index contributed by atoms with van der Waals surface area (Å²) < 4.78 is 7.43. The molecular weight excluding hydrogens is 478 g/mol. The molecule has 0 bridgehead atoms. The van der Waals surface area contributed by atoms with Gasteiger partial charge in [-0.25, -0.2) is 9.78 Å². The van der Waals surface area contributed by atoms with Crippen molar-refractivity contribution in [2.24, 2.45) is 0 Å². The first-order chi connectivity index (χ1) is 18.5. The van der Waals surface area contributed by atoms with Gasteiger partial charge in [-0.2, -0.15) is 0 Å². The number of urea groups is 1. The zero-order valence-corrected chi connectivity index (χ0v) is 22.1. The van der Waals surface area contributed by atoms with Crippen LogP contribution in [0.1, 0.15) is 61.5 Å². The maximum absolute atomic E-state index is 13.0. The Bertz CT molecular complexity index is 1550. The molecule has 1 aliphatic rings. The van der Waals surface area contributed by atoms with Crippen LogP contribution in [-0.4, -0.2) is 48.5 Å². The minimum Gasteiger partial charge on any atom is -0.359 e. The molecule has 1 aromatic carbocycles. The number of unbranched alkanes of at least 4 members (excludes halogenated alkanes) is 1. The van der Waals surface area contributed by atoms with Crippen molar-refractivity contribution in [1.29, 1.82) is 0 Å². The molecule has 0 spiro atoms. The summed E-state index contributed by atoms with van der Waals surface area (Å²) >= 11 is 0. The van der Waals surface area contributed by atoms with Crippen LogP contribution in [0.25, 0.3) is 27.8 Å². The Labute approximate surface area is 221 Å². The van der Waals surface area contributed by atoms with Gasteiger partial charge in [-0.1, -0.05) is 36.7 Å². The quantitative estimate of drug-likeness (QED) is 0.281. The van der Waals surface area contributed by atoms with E-state index in [0.29, 0.717) is 30.2 Å². The van der Waals surface area contributed by atoms with Crippen molar-refractivity contribution >= 4 is 28.1 Å². The predicted octanol–water partition coefficient (Wildman–Crippen LogP) is 6.24. The zero-order valence-electron chi connectivity index (χ0n) is 22.1. The Kier molecular flexibility index (Phi) is 6.35. The molecule has 0 atom stereocenters. The molecule has 5 heterocycles. The molecule has 0 unspecified atom stereocenters. The number of nitrogens with zero attached hydrogens (tertiary/aromatic N) is 5. The molecule has 2 amide bonds. The number of imidazole rings is 1. The van der Waals surface area contributed by atoms with Crippen molar-refractivity contribution in [1.82, 2.24) is 29.4 Å². The van der Waals surface area contributed by atoms with Crippen molar-refractivity contribution in [2.75, 3.05) is 18.4 Å². The third-order valence-corrected chi connectivity index (χ3v) is 7.62. The van der Waals surface area contributed by atoms with Crippen LogP contribution in [0.15, 0.2) is 47.2 Å². The summed E-state index contributed by atoms with van der Waals surface area (Å²) in [4.78, 5) is 28.4. The second-order valence-electron chi connectivity index (χ2n) is 10.2. The van der Waals surface area contributed by atoms with Gasteiger partial charge in [0.2, 0.25) is 0 Å². The highest BCUT2D eigenvalue weighted by Crippen LogP contribution is 2.35. The first-order valence-corrected chi connectivity index (χ1v) is 13.5. The molecule has 1 aliphatic heterocycles. The molecule has 0 saturated carbocycles. The van der Waals surface area contributed by atoms with E-state index in [-0.39, 0.29) is 11.9 Å². The van der Waals surface area contributed by atoms with Crippen molar-refractivity contribution in [3.63, 3.8) is 0 Å². The SMILES string of the molecule is CCCCc1nccn2c(C3CCN(C(=O)Nc4c(C)noc4C)CC3)nc(-c3cc4ccccc4[nH]3)c12. The first kappa shape index (κ1) is 24.2. The fraction of sp³-hybridized carbons (Fsp3) is 0.379. The molecule has 5 aromatic rings. The van der Waals surface area contributed by atoms with Crippen LogP contribution >= 0.6 is 0 Å². The summed E-state index contributed by atoms with van der Waals surface area (Å²) in [5.41, 5.74) is 6.57. The molecule has 38 heavy (non-hydrogen) atoms. The standard InChI is InChI=1S/C29H33N7O2/c1-4-5-9-23-27-26(24-17-21-8-6-7-10-22(21)31-24)32-28(36(27)16-13-30-23)20-11-14-35(15-12-20)29(37)33-25-18(2)34-38-19(25)3/h6-8,10,13,16-17,20,31H,4-5,9,11-12,14-15H2,1-3H3,(H,33,37). The van der Waals surface area contributed by atoms with Gasteiger partial charge in [0.15, 0.2) is 5.76 Å². The summed E-state index contributed by atoms with van der Waals surface area (Å²) in [6.07, 6.45) is 8.72. The lowest BCUT2D eigenvalue weighted by Gasteiger charge is -2.31. The molecule has 196 valence electrons. The third-order valence-electron chi connectivity index (χ3n) is 7.62. The van der Waals surface area contributed by atoms with Gasteiger partial charge in [-0.05, 0) is 51.7 Å². The number of hydrogen-bond acceptors (Lipinski definition) is 5. The number of anilines is 1. The zero-order chi connectivity index (χ0) is 26.2. The number of fused-ring (bicyclic) bond motifs is 2. The topological polar surface area (TPSA) is 104 Å². The number of para-hydroxylation sites is 1. The maximum Gasteiger partial charge on any atom is 0.321 e. The highest BCUT2D eigenvalue weighted by molar-refractivity contribution is 5.91. The van der Waals surface area contributed by atoms with Gasteiger partial charge in [0.25, 0.3) is 0 Å². The lowest BCUT2D eigenvalue weighted by molar-refractivity contribution is 0.193. The molecule has 9 heteroatoms. The number of H-pyrrole nitrogens is 1. The molecular formula is C29H33N7O2. The summed E-state index contributed by atoms with van der Waals surface area (Å²) in [5, 5.41) is 8.08. The van der Waals surface area contributed by atoms with E-state index < -0.39 is 0 Å². The predicted molar refractivity (Wildman–Crippen MR) is 147 cm³/mol. The minimum atomic E-state index is -0.115. The fourth-order valence-corrected chi connectivity index (χ4v) is 5.52. The summed E-state index contributed by atoms with van der Waals surface area (Å²) in [5.74, 6) is 1.90. The Hall–Kier alpha value is -4.14. The monoisotopic (exact) mass is 511 g/mol. The van der Waals surface area contributed by atoms with Gasteiger partial charge in [-0.15, -0.1) is 0 Å². The molecule has 9 nitrogen and oxygen atoms in total. The molecule has 1 fully saturated rings. The number of carbonyl (C=O) groups is 1. The van der Waals surface area contributed by atoms with Gasteiger partial charge < -0.3 is 19.7 Å². The van der Waals surface area contributed by atoms with Crippen LogP contribution in [0.5, 0.6) is 0 Å². The van der Waals surface area contributed by atoms with Gasteiger partial charge in [0, 0.05) is 42.3 Å². The van der Waals surface area contributed by atoms with Crippen LogP contribution < -0.4 is 5.32 Å². The average Bonchev–Trinajstić information content (AvgIpc) is 3.63. The smallest absolute Gasteiger partial charge is 0.321 e. The number of carbonyl (C=O) groups excluding carboxylic acids is 1. The van der Waals surface area contributed by atoms with Gasteiger partial charge in [0.05, 0.1) is 16.9 Å². The highest BCUT2D eigenvalue weighted by atomic mass is 16.5. The van der Waals surface area contributed by atoms with Crippen molar-refractivity contribution in [3.05, 3.63) is 65.7 Å². The number of rotatable bonds is 6. The fourth-order valence-electron chi connectivity index (χ4n) is 5.52. The van der Waals surface area contributed by atoms with E-state index in [0.717, 1.165) is 66.0 Å². The third kappa shape index (κ3) is 4.31. The van der Waals surface area contributed by atoms with Crippen molar-refractivity contribution in [3.8, 4) is 11.4 Å². The van der Waals surface area contributed by atoms with Crippen LogP contribution in [0, 0.1) is 13.8 Å². The Morgan fingerprint density at radius 2 is 2.03 bits per heavy atom. The van der Waals surface area contributed by atoms with E-state index in [2.05, 4.69) is 51.0 Å². The Morgan fingerprint density at radius 3 is 2.76 bits per heavy atom. The molecule has 0 radical (unpaired) electrons. The second kappa shape index (κ2) is 9.96. The number of likely N-dealkylation sites (tertiary alicyclic amines) is 1. The second-order valence-corrected chi connectivity index (χ2v) is 10.2. The largest absolute Gasteiger partial charge is 0.359 e. The van der Waals surface area contributed by atoms with Gasteiger partial charge in [0.1, 0.15) is 22.9 Å². The van der Waals surface area contributed by atoms with Gasteiger partial charge in [-0.3, -0.25) is 9.38 Å². The number of nitrogens with one attached hydrogen (secondary N) is 2. The molecule has 0 aliphatic carbocycles. The normalized spacial score (nSPS) is 14.6. The van der Waals surface area contributed by atoms with E-state index in [9.17, 15) is 4.79 Å². The Morgan fingerprint density at radius 1 is 1.21 bits per heavy atom. The van der Waals surface area contributed by atoms with Crippen LogP contribution in [-0.2, 0) is 6.42 Å². The Balaban J connectivity index is 1.30. The summed E-state index contributed by atoms with van der Waals surface area (Å²) in [6.45, 7) is 7.15. The number of aromatic nitrogens is 5. The van der Waals surface area contributed by atoms with Crippen LogP contribution in [0.3, 0.4) is 0 Å². The molecule has 2 N–H and O–H groups in total. The number of amides is 2. The van der Waals surface area contributed by atoms with Crippen LogP contribution in [0.4, 0.5) is 10.5 Å². The molecule has 1 saturated heterocycles. The van der Waals surface area contributed by atoms with E-state index in [1.54, 1.807) is 6.92 Å². The minimum absolute atomic E-state index is 0.115. The number of piperidine rings is 1. The van der Waals surface area contributed by atoms with Crippen molar-refractivity contribution in [2.45, 2.75) is 58.8 Å². The van der Waals surface area contributed by atoms with E-state index >= 15 is 0 Å². The van der Waals surface area contributed by atoms with E-state index in [1.165, 1.54) is 5.39 Å². The lowest BCUT2D eigenvalue weighted by Crippen LogP contribution is -2.41. The summed E-state index contributed by atoms with van der Waals surface area (Å²) in [6, 6.07) is 10.4. The first-order valence-electron chi connectivity index (χ1n) is 13.5.